The molecule has 1 aliphatic carbocycles. The van der Waals surface area contributed by atoms with Crippen molar-refractivity contribution in [2.45, 2.75) is 25.6 Å². The molecular weight excluding hydrogens is 168 g/mol. The largest absolute Gasteiger partial charge is 0.355 e. The summed E-state index contributed by atoms with van der Waals surface area (Å²) < 4.78 is 10.5. The van der Waals surface area contributed by atoms with E-state index in [-0.39, 0.29) is 24.6 Å². The van der Waals surface area contributed by atoms with Crippen molar-refractivity contribution in [2.75, 3.05) is 13.7 Å². The molecule has 13 heavy (non-hydrogen) atoms. The van der Waals surface area contributed by atoms with E-state index in [1.807, 2.05) is 6.08 Å². The Hall–Kier alpha value is -0.670. The lowest BCUT2D eigenvalue weighted by Crippen LogP contribution is -2.39. The van der Waals surface area contributed by atoms with Gasteiger partial charge in [0, 0.05) is 18.6 Å². The van der Waals surface area contributed by atoms with Gasteiger partial charge in [-0.15, -0.1) is 0 Å². The van der Waals surface area contributed by atoms with E-state index in [4.69, 9.17) is 9.47 Å². The average Bonchev–Trinajstić information content (AvgIpc) is 2.19. The third-order valence-electron chi connectivity index (χ3n) is 2.74. The number of hydrogen-bond acceptors (Lipinski definition) is 3. The van der Waals surface area contributed by atoms with Crippen molar-refractivity contribution < 1.29 is 14.3 Å². The molecule has 2 rings (SSSR count). The summed E-state index contributed by atoms with van der Waals surface area (Å²) in [6.45, 7) is 0.181. The quantitative estimate of drug-likeness (QED) is 0.613. The maximum absolute atomic E-state index is 11.4. The minimum atomic E-state index is -0.204. The molecule has 0 spiro atoms. The second kappa shape index (κ2) is 3.60. The highest BCUT2D eigenvalue weighted by atomic mass is 16.7. The molecule has 0 bridgehead atoms. The van der Waals surface area contributed by atoms with Gasteiger partial charge >= 0.3 is 0 Å². The van der Waals surface area contributed by atoms with Gasteiger partial charge in [-0.05, 0) is 19.3 Å². The standard InChI is InChI=1S/C10H14O3/c1-12-10-8-5-3-2-4-7(8)9(11)6-13-10/h4,8,10H,2-3,5-6H2,1H3/t8-,10-/m0/s1. The Morgan fingerprint density at radius 2 is 2.46 bits per heavy atom. The second-order valence-corrected chi connectivity index (χ2v) is 3.54. The molecule has 0 aromatic heterocycles. The summed E-state index contributed by atoms with van der Waals surface area (Å²) in [6.07, 6.45) is 5.00. The number of ether oxygens (including phenoxy) is 2. The fraction of sp³-hybridized carbons (Fsp3) is 0.700. The minimum absolute atomic E-state index is 0.137. The van der Waals surface area contributed by atoms with Crippen LogP contribution in [-0.4, -0.2) is 25.8 Å². The van der Waals surface area contributed by atoms with Crippen molar-refractivity contribution in [2.24, 2.45) is 5.92 Å². The molecule has 2 aliphatic rings. The number of carbonyl (C=O) groups is 1. The average molecular weight is 182 g/mol. The monoisotopic (exact) mass is 182 g/mol. The predicted molar refractivity (Wildman–Crippen MR) is 47.2 cm³/mol. The topological polar surface area (TPSA) is 35.5 Å². The fourth-order valence-electron chi connectivity index (χ4n) is 2.10. The van der Waals surface area contributed by atoms with Gasteiger partial charge in [0.1, 0.15) is 6.61 Å². The Bertz CT molecular complexity index is 245. The highest BCUT2D eigenvalue weighted by Crippen LogP contribution is 2.33. The Labute approximate surface area is 77.7 Å². The van der Waals surface area contributed by atoms with E-state index >= 15 is 0 Å². The molecule has 0 N–H and O–H groups in total. The lowest BCUT2D eigenvalue weighted by molar-refractivity contribution is -0.173. The third kappa shape index (κ3) is 1.54. The third-order valence-corrected chi connectivity index (χ3v) is 2.74. The van der Waals surface area contributed by atoms with E-state index in [9.17, 15) is 4.79 Å². The molecule has 72 valence electrons. The van der Waals surface area contributed by atoms with Crippen LogP contribution in [0.25, 0.3) is 0 Å². The molecule has 3 nitrogen and oxygen atoms in total. The molecule has 0 amide bonds. The first-order chi connectivity index (χ1) is 6.33. The number of fused-ring (bicyclic) bond motifs is 1. The zero-order valence-electron chi connectivity index (χ0n) is 7.79. The maximum atomic E-state index is 11.4. The van der Waals surface area contributed by atoms with Crippen LogP contribution in [0.5, 0.6) is 0 Å². The SMILES string of the molecule is CO[C@H]1OCC(=O)C2=CCCC[C@@H]21. The summed E-state index contributed by atoms with van der Waals surface area (Å²) >= 11 is 0. The first-order valence-electron chi connectivity index (χ1n) is 4.70. The van der Waals surface area contributed by atoms with Crippen LogP contribution in [0.4, 0.5) is 0 Å². The Morgan fingerprint density at radius 3 is 3.23 bits per heavy atom. The molecule has 1 saturated heterocycles. The molecular formula is C10H14O3. The molecule has 0 aromatic rings. The summed E-state index contributed by atoms with van der Waals surface area (Å²) in [6, 6.07) is 0. The smallest absolute Gasteiger partial charge is 0.184 e. The van der Waals surface area contributed by atoms with Gasteiger partial charge < -0.3 is 9.47 Å². The van der Waals surface area contributed by atoms with Crippen LogP contribution in [0, 0.1) is 5.92 Å². The van der Waals surface area contributed by atoms with Gasteiger partial charge in [0.15, 0.2) is 12.1 Å². The Kier molecular flexibility index (Phi) is 2.47. The van der Waals surface area contributed by atoms with Crippen molar-refractivity contribution in [3.05, 3.63) is 11.6 Å². The minimum Gasteiger partial charge on any atom is -0.355 e. The maximum Gasteiger partial charge on any atom is 0.184 e. The first-order valence-corrected chi connectivity index (χ1v) is 4.70. The zero-order valence-corrected chi connectivity index (χ0v) is 7.79. The van der Waals surface area contributed by atoms with Gasteiger partial charge in [0.05, 0.1) is 0 Å². The first kappa shape index (κ1) is 8.91. The van der Waals surface area contributed by atoms with Crippen LogP contribution in [0.1, 0.15) is 19.3 Å². The van der Waals surface area contributed by atoms with Crippen molar-refractivity contribution >= 4 is 5.78 Å². The molecule has 1 aliphatic heterocycles. The second-order valence-electron chi connectivity index (χ2n) is 3.54. The fourth-order valence-corrected chi connectivity index (χ4v) is 2.10. The van der Waals surface area contributed by atoms with E-state index in [1.54, 1.807) is 7.11 Å². The number of methoxy groups -OCH3 is 1. The lowest BCUT2D eigenvalue weighted by atomic mass is 9.83. The van der Waals surface area contributed by atoms with Crippen LogP contribution < -0.4 is 0 Å². The van der Waals surface area contributed by atoms with E-state index in [1.165, 1.54) is 0 Å². The van der Waals surface area contributed by atoms with E-state index in [0.717, 1.165) is 24.8 Å². The highest BCUT2D eigenvalue weighted by Gasteiger charge is 2.35. The number of rotatable bonds is 1. The van der Waals surface area contributed by atoms with Crippen LogP contribution in [0.15, 0.2) is 11.6 Å². The molecule has 0 unspecified atom stereocenters. The molecule has 0 saturated carbocycles. The van der Waals surface area contributed by atoms with Gasteiger partial charge in [0.25, 0.3) is 0 Å². The zero-order chi connectivity index (χ0) is 9.26. The Morgan fingerprint density at radius 1 is 1.62 bits per heavy atom. The van der Waals surface area contributed by atoms with Crippen molar-refractivity contribution in [1.29, 1.82) is 0 Å². The van der Waals surface area contributed by atoms with Gasteiger partial charge in [-0.1, -0.05) is 6.08 Å². The predicted octanol–water partition coefficient (Wildman–Crippen LogP) is 1.28. The van der Waals surface area contributed by atoms with Crippen LogP contribution in [-0.2, 0) is 14.3 Å². The van der Waals surface area contributed by atoms with Crippen LogP contribution >= 0.6 is 0 Å². The molecule has 0 aromatic carbocycles. The van der Waals surface area contributed by atoms with Gasteiger partial charge in [-0.3, -0.25) is 4.79 Å². The van der Waals surface area contributed by atoms with Gasteiger partial charge in [-0.2, -0.15) is 0 Å². The number of hydrogen-bond donors (Lipinski definition) is 0. The van der Waals surface area contributed by atoms with Crippen molar-refractivity contribution in [3.8, 4) is 0 Å². The van der Waals surface area contributed by atoms with E-state index in [0.29, 0.717) is 0 Å². The lowest BCUT2D eigenvalue weighted by Gasteiger charge is -2.33. The number of allylic oxidation sites excluding steroid dienone is 1. The highest BCUT2D eigenvalue weighted by molar-refractivity contribution is 5.97. The van der Waals surface area contributed by atoms with Crippen LogP contribution in [0.3, 0.4) is 0 Å². The van der Waals surface area contributed by atoms with E-state index < -0.39 is 0 Å². The summed E-state index contributed by atoms with van der Waals surface area (Å²) in [5, 5.41) is 0. The number of carbonyl (C=O) groups excluding carboxylic acids is 1. The summed E-state index contributed by atoms with van der Waals surface area (Å²) in [5.74, 6) is 0.318. The Balaban J connectivity index is 2.21. The van der Waals surface area contributed by atoms with Crippen LogP contribution in [0.2, 0.25) is 0 Å². The van der Waals surface area contributed by atoms with Gasteiger partial charge in [0.2, 0.25) is 0 Å². The van der Waals surface area contributed by atoms with E-state index in [2.05, 4.69) is 0 Å². The summed E-state index contributed by atoms with van der Waals surface area (Å²) in [7, 11) is 1.63. The summed E-state index contributed by atoms with van der Waals surface area (Å²) in [5.41, 5.74) is 0.935. The molecule has 2 atom stereocenters. The molecule has 3 heteroatoms. The molecule has 1 heterocycles. The number of Topliss-reactive ketones (excluding diaryl/α,β-unsaturated/α-hetero) is 1. The van der Waals surface area contributed by atoms with Crippen molar-refractivity contribution in [1.82, 2.24) is 0 Å². The van der Waals surface area contributed by atoms with Crippen molar-refractivity contribution in [3.63, 3.8) is 0 Å². The molecule has 1 fully saturated rings. The molecule has 0 radical (unpaired) electrons. The normalized spacial score (nSPS) is 33.9. The van der Waals surface area contributed by atoms with Gasteiger partial charge in [-0.25, -0.2) is 0 Å². The number of ketones is 1. The summed E-state index contributed by atoms with van der Waals surface area (Å²) in [4.78, 5) is 11.4.